The number of halogens is 1. The van der Waals surface area contributed by atoms with Crippen molar-refractivity contribution in [2.75, 3.05) is 13.6 Å². The second-order valence-electron chi connectivity index (χ2n) is 5.24. The van der Waals surface area contributed by atoms with Gasteiger partial charge in [0.1, 0.15) is 0 Å². The van der Waals surface area contributed by atoms with Crippen LogP contribution in [-0.4, -0.2) is 18.6 Å². The van der Waals surface area contributed by atoms with Gasteiger partial charge in [-0.3, -0.25) is 4.98 Å². The molecule has 1 N–H and O–H groups in total. The van der Waals surface area contributed by atoms with Gasteiger partial charge < -0.3 is 5.32 Å². The average Bonchev–Trinajstić information content (AvgIpc) is 2.34. The van der Waals surface area contributed by atoms with E-state index in [0.717, 1.165) is 17.4 Å². The molecule has 1 aliphatic rings. The Kier molecular flexibility index (Phi) is 4.57. The van der Waals surface area contributed by atoms with Gasteiger partial charge >= 0.3 is 0 Å². The highest BCUT2D eigenvalue weighted by atomic mass is 79.9. The number of hydrogen-bond donors (Lipinski definition) is 1. The van der Waals surface area contributed by atoms with Gasteiger partial charge in [-0.1, -0.05) is 19.3 Å². The normalized spacial score (nSPS) is 19.2. The molecule has 1 saturated carbocycles. The fourth-order valence-electron chi connectivity index (χ4n) is 2.99. The van der Waals surface area contributed by atoms with Crippen molar-refractivity contribution in [3.63, 3.8) is 0 Å². The van der Waals surface area contributed by atoms with Crippen molar-refractivity contribution < 1.29 is 0 Å². The van der Waals surface area contributed by atoms with Crippen molar-refractivity contribution in [2.24, 2.45) is 5.41 Å². The second kappa shape index (κ2) is 5.96. The van der Waals surface area contributed by atoms with Crippen LogP contribution < -0.4 is 5.32 Å². The molecule has 0 unspecified atom stereocenters. The Morgan fingerprint density at radius 3 is 2.65 bits per heavy atom. The molecule has 2 nitrogen and oxygen atoms in total. The molecule has 0 radical (unpaired) electrons. The largest absolute Gasteiger partial charge is 0.319 e. The van der Waals surface area contributed by atoms with Crippen LogP contribution in [0.3, 0.4) is 0 Å². The summed E-state index contributed by atoms with van der Waals surface area (Å²) in [6.07, 6.45) is 9.85. The van der Waals surface area contributed by atoms with E-state index in [-0.39, 0.29) is 0 Å². The number of hydrogen-bond acceptors (Lipinski definition) is 2. The molecule has 0 atom stereocenters. The van der Waals surface area contributed by atoms with E-state index in [2.05, 4.69) is 45.4 Å². The molecule has 1 fully saturated rings. The predicted molar refractivity (Wildman–Crippen MR) is 75.1 cm³/mol. The van der Waals surface area contributed by atoms with Crippen LogP contribution in [0.25, 0.3) is 0 Å². The van der Waals surface area contributed by atoms with E-state index in [1.54, 1.807) is 0 Å². The van der Waals surface area contributed by atoms with Crippen molar-refractivity contribution in [1.29, 1.82) is 0 Å². The molecule has 3 heteroatoms. The standard InChI is InChI=1S/C14H21BrN2/c1-16-11-14(7-3-2-4-8-14)9-13-6-5-12(15)10-17-13/h5-6,10,16H,2-4,7-9,11H2,1H3. The van der Waals surface area contributed by atoms with E-state index < -0.39 is 0 Å². The highest BCUT2D eigenvalue weighted by molar-refractivity contribution is 9.10. The van der Waals surface area contributed by atoms with Gasteiger partial charge in [0.2, 0.25) is 0 Å². The van der Waals surface area contributed by atoms with Crippen molar-refractivity contribution in [3.05, 3.63) is 28.5 Å². The van der Waals surface area contributed by atoms with Crippen LogP contribution in [-0.2, 0) is 6.42 Å². The smallest absolute Gasteiger partial charge is 0.0413 e. The van der Waals surface area contributed by atoms with Crippen LogP contribution >= 0.6 is 15.9 Å². The lowest BCUT2D eigenvalue weighted by atomic mass is 9.71. The summed E-state index contributed by atoms with van der Waals surface area (Å²) in [6.45, 7) is 1.12. The van der Waals surface area contributed by atoms with Gasteiger partial charge in [-0.15, -0.1) is 0 Å². The third kappa shape index (κ3) is 3.52. The maximum Gasteiger partial charge on any atom is 0.0413 e. The molecule has 1 heterocycles. The average molecular weight is 297 g/mol. The van der Waals surface area contributed by atoms with Gasteiger partial charge in [0.25, 0.3) is 0 Å². The molecule has 94 valence electrons. The molecular formula is C14H21BrN2. The molecule has 0 spiro atoms. The Hall–Kier alpha value is -0.410. The van der Waals surface area contributed by atoms with Crippen LogP contribution in [0.5, 0.6) is 0 Å². The lowest BCUT2D eigenvalue weighted by molar-refractivity contribution is 0.183. The summed E-state index contributed by atoms with van der Waals surface area (Å²) >= 11 is 3.44. The molecule has 0 aromatic carbocycles. The SMILES string of the molecule is CNCC1(Cc2ccc(Br)cn2)CCCCC1. The summed E-state index contributed by atoms with van der Waals surface area (Å²) < 4.78 is 1.06. The van der Waals surface area contributed by atoms with Crippen molar-refractivity contribution in [2.45, 2.75) is 38.5 Å². The van der Waals surface area contributed by atoms with Crippen LogP contribution in [0.1, 0.15) is 37.8 Å². The van der Waals surface area contributed by atoms with E-state index in [0.29, 0.717) is 5.41 Å². The molecule has 0 bridgehead atoms. The Bertz CT molecular complexity index is 336. The second-order valence-corrected chi connectivity index (χ2v) is 6.15. The summed E-state index contributed by atoms with van der Waals surface area (Å²) in [7, 11) is 2.06. The summed E-state index contributed by atoms with van der Waals surface area (Å²) in [4.78, 5) is 4.53. The van der Waals surface area contributed by atoms with Crippen LogP contribution in [0, 0.1) is 5.41 Å². The van der Waals surface area contributed by atoms with E-state index in [1.165, 1.54) is 37.8 Å². The molecule has 1 aromatic rings. The number of nitrogens with one attached hydrogen (secondary N) is 1. The summed E-state index contributed by atoms with van der Waals surface area (Å²) in [5.41, 5.74) is 1.67. The monoisotopic (exact) mass is 296 g/mol. The Balaban J connectivity index is 2.08. The van der Waals surface area contributed by atoms with Crippen LogP contribution in [0.4, 0.5) is 0 Å². The topological polar surface area (TPSA) is 24.9 Å². The fourth-order valence-corrected chi connectivity index (χ4v) is 3.22. The zero-order valence-electron chi connectivity index (χ0n) is 10.5. The predicted octanol–water partition coefficient (Wildman–Crippen LogP) is 3.56. The summed E-state index contributed by atoms with van der Waals surface area (Å²) in [5, 5.41) is 3.37. The van der Waals surface area contributed by atoms with E-state index >= 15 is 0 Å². The van der Waals surface area contributed by atoms with Gasteiger partial charge in [0, 0.05) is 22.9 Å². The molecule has 0 amide bonds. The van der Waals surface area contributed by atoms with Gasteiger partial charge in [-0.05, 0) is 59.8 Å². The van der Waals surface area contributed by atoms with Crippen molar-refractivity contribution in [3.8, 4) is 0 Å². The first-order valence-corrected chi connectivity index (χ1v) is 7.28. The highest BCUT2D eigenvalue weighted by Crippen LogP contribution is 2.38. The van der Waals surface area contributed by atoms with Crippen molar-refractivity contribution >= 4 is 15.9 Å². The minimum Gasteiger partial charge on any atom is -0.319 e. The molecular weight excluding hydrogens is 276 g/mol. The van der Waals surface area contributed by atoms with Crippen LogP contribution in [0.15, 0.2) is 22.8 Å². The number of nitrogens with zero attached hydrogens (tertiary/aromatic N) is 1. The van der Waals surface area contributed by atoms with E-state index in [9.17, 15) is 0 Å². The first-order valence-electron chi connectivity index (χ1n) is 6.49. The molecule has 17 heavy (non-hydrogen) atoms. The quantitative estimate of drug-likeness (QED) is 0.919. The molecule has 0 aliphatic heterocycles. The third-order valence-electron chi connectivity index (χ3n) is 3.81. The Morgan fingerprint density at radius 2 is 2.06 bits per heavy atom. The molecule has 1 aromatic heterocycles. The van der Waals surface area contributed by atoms with Crippen LogP contribution in [0.2, 0.25) is 0 Å². The number of aromatic nitrogens is 1. The maximum atomic E-state index is 4.53. The van der Waals surface area contributed by atoms with Gasteiger partial charge in [-0.25, -0.2) is 0 Å². The minimum atomic E-state index is 0.438. The van der Waals surface area contributed by atoms with E-state index in [4.69, 9.17) is 0 Å². The molecule has 0 saturated heterocycles. The number of pyridine rings is 1. The van der Waals surface area contributed by atoms with Gasteiger partial charge in [-0.2, -0.15) is 0 Å². The summed E-state index contributed by atoms with van der Waals surface area (Å²) in [6, 6.07) is 4.24. The minimum absolute atomic E-state index is 0.438. The molecule has 1 aliphatic carbocycles. The maximum absolute atomic E-state index is 4.53. The van der Waals surface area contributed by atoms with Gasteiger partial charge in [0.15, 0.2) is 0 Å². The van der Waals surface area contributed by atoms with Gasteiger partial charge in [0.05, 0.1) is 0 Å². The fraction of sp³-hybridized carbons (Fsp3) is 0.643. The third-order valence-corrected chi connectivity index (χ3v) is 4.28. The lowest BCUT2D eigenvalue weighted by Crippen LogP contribution is -2.36. The number of rotatable bonds is 4. The first kappa shape index (κ1) is 13.0. The Labute approximate surface area is 112 Å². The first-order chi connectivity index (χ1) is 8.24. The Morgan fingerprint density at radius 1 is 1.29 bits per heavy atom. The highest BCUT2D eigenvalue weighted by Gasteiger charge is 2.31. The van der Waals surface area contributed by atoms with Crippen molar-refractivity contribution in [1.82, 2.24) is 10.3 Å². The zero-order chi connectivity index (χ0) is 12.1. The lowest BCUT2D eigenvalue weighted by Gasteiger charge is -2.37. The molecule has 2 rings (SSSR count). The summed E-state index contributed by atoms with van der Waals surface area (Å²) in [5.74, 6) is 0. The van der Waals surface area contributed by atoms with E-state index in [1.807, 2.05) is 6.20 Å². The zero-order valence-corrected chi connectivity index (χ0v) is 12.1.